The molecule has 228 valence electrons. The summed E-state index contributed by atoms with van der Waals surface area (Å²) in [7, 11) is -3.84. The van der Waals surface area contributed by atoms with E-state index in [-0.39, 0.29) is 22.7 Å². The number of carbonyl (C=O) groups excluding carboxylic acids is 1. The zero-order valence-corrected chi connectivity index (χ0v) is 25.0. The van der Waals surface area contributed by atoms with Gasteiger partial charge in [0.2, 0.25) is 0 Å². The number of hydrogen-bond acceptors (Lipinski definition) is 11. The maximum Gasteiger partial charge on any atom is 0.297 e. The Morgan fingerprint density at radius 3 is 2.20 bits per heavy atom. The summed E-state index contributed by atoms with van der Waals surface area (Å²) in [5, 5.41) is 2.74. The maximum atomic E-state index is 13.3. The van der Waals surface area contributed by atoms with Crippen LogP contribution in [0.5, 0.6) is 0 Å². The van der Waals surface area contributed by atoms with Gasteiger partial charge in [0.1, 0.15) is 29.4 Å². The lowest BCUT2D eigenvalue weighted by Gasteiger charge is -2.41. The number of benzene rings is 1. The first-order valence-corrected chi connectivity index (χ1v) is 15.5. The number of nitrogens with one attached hydrogen (secondary N) is 1. The monoisotopic (exact) mass is 618 g/mol. The van der Waals surface area contributed by atoms with Gasteiger partial charge in [-0.2, -0.15) is 8.42 Å². The molecule has 0 unspecified atom stereocenters. The number of anilines is 4. The molecule has 0 aliphatic carbocycles. The van der Waals surface area contributed by atoms with E-state index in [9.17, 15) is 17.6 Å². The fraction of sp³-hybridized carbons (Fsp3) is 0.300. The molecular weight excluding hydrogens is 587 g/mol. The van der Waals surface area contributed by atoms with Gasteiger partial charge in [0.15, 0.2) is 5.82 Å². The maximum absolute atomic E-state index is 13.3. The first-order valence-electron chi connectivity index (χ1n) is 14.1. The van der Waals surface area contributed by atoms with Crippen LogP contribution in [0.25, 0.3) is 0 Å². The van der Waals surface area contributed by atoms with Crippen LogP contribution in [-0.2, 0) is 14.3 Å². The summed E-state index contributed by atoms with van der Waals surface area (Å²) in [5.74, 6) is 1.60. The number of piperazine rings is 1. The molecule has 0 spiro atoms. The van der Waals surface area contributed by atoms with Gasteiger partial charge in [-0.05, 0) is 50.2 Å². The summed E-state index contributed by atoms with van der Waals surface area (Å²) in [6.07, 6.45) is 5.33. The summed E-state index contributed by atoms with van der Waals surface area (Å²) >= 11 is 0. The molecule has 0 radical (unpaired) electrons. The number of nitrogens with zero attached hydrogens (tertiary/aromatic N) is 7. The van der Waals surface area contributed by atoms with Gasteiger partial charge >= 0.3 is 0 Å². The highest BCUT2D eigenvalue weighted by Crippen LogP contribution is 2.25. The minimum absolute atomic E-state index is 0.125. The smallest absolute Gasteiger partial charge is 0.297 e. The SMILES string of the molecule is Cc1ccc(S(=O)(=O)OC2CN(c3ccc(C(=O)Nc4cnc(N5CCN(c6ccc(F)cn6)[C@H](C)C5)cn4)cn3)C2)cc1. The summed E-state index contributed by atoms with van der Waals surface area (Å²) in [6, 6.07) is 13.1. The number of amides is 1. The van der Waals surface area contributed by atoms with Crippen LogP contribution in [-0.4, -0.2) is 79.1 Å². The first kappa shape index (κ1) is 29.4. The van der Waals surface area contributed by atoms with Crippen LogP contribution in [0.1, 0.15) is 22.8 Å². The Morgan fingerprint density at radius 2 is 1.57 bits per heavy atom. The van der Waals surface area contributed by atoms with E-state index in [4.69, 9.17) is 4.18 Å². The van der Waals surface area contributed by atoms with Crippen LogP contribution in [0.4, 0.5) is 27.7 Å². The Kier molecular flexibility index (Phi) is 8.10. The molecule has 0 saturated carbocycles. The lowest BCUT2D eigenvalue weighted by atomic mass is 10.1. The largest absolute Gasteiger partial charge is 0.352 e. The van der Waals surface area contributed by atoms with Crippen molar-refractivity contribution in [3.8, 4) is 0 Å². The number of aromatic nitrogens is 4. The molecule has 4 aromatic rings. The summed E-state index contributed by atoms with van der Waals surface area (Å²) in [5.41, 5.74) is 1.31. The molecule has 6 rings (SSSR count). The van der Waals surface area contributed by atoms with Gasteiger partial charge in [-0.15, -0.1) is 0 Å². The van der Waals surface area contributed by atoms with E-state index in [1.54, 1.807) is 36.5 Å². The lowest BCUT2D eigenvalue weighted by molar-refractivity contribution is 0.102. The van der Waals surface area contributed by atoms with Gasteiger partial charge in [0.05, 0.1) is 29.0 Å². The molecule has 14 heteroatoms. The molecular formula is C30H31FN8O4S. The third kappa shape index (κ3) is 6.45. The van der Waals surface area contributed by atoms with Gasteiger partial charge in [-0.1, -0.05) is 17.7 Å². The van der Waals surface area contributed by atoms with Crippen molar-refractivity contribution in [1.82, 2.24) is 19.9 Å². The second kappa shape index (κ2) is 12.1. The number of rotatable bonds is 8. The number of hydrogen-bond donors (Lipinski definition) is 1. The van der Waals surface area contributed by atoms with Crippen molar-refractivity contribution in [2.45, 2.75) is 30.9 Å². The van der Waals surface area contributed by atoms with Gasteiger partial charge in [-0.3, -0.25) is 8.98 Å². The molecule has 12 nitrogen and oxygen atoms in total. The number of halogens is 1. The van der Waals surface area contributed by atoms with Crippen LogP contribution >= 0.6 is 0 Å². The van der Waals surface area contributed by atoms with Crippen molar-refractivity contribution < 1.29 is 21.8 Å². The van der Waals surface area contributed by atoms with Crippen molar-refractivity contribution in [2.75, 3.05) is 52.7 Å². The lowest BCUT2D eigenvalue weighted by Crippen LogP contribution is -2.53. The second-order valence-electron chi connectivity index (χ2n) is 10.8. The summed E-state index contributed by atoms with van der Waals surface area (Å²) in [4.78, 5) is 36.5. The van der Waals surface area contributed by atoms with E-state index >= 15 is 0 Å². The number of carbonyl (C=O) groups is 1. The Hall–Kier alpha value is -4.69. The zero-order chi connectivity index (χ0) is 30.8. The molecule has 0 bridgehead atoms. The molecule has 2 fully saturated rings. The van der Waals surface area contributed by atoms with Gasteiger partial charge in [0, 0.05) is 45.0 Å². The predicted octanol–water partition coefficient (Wildman–Crippen LogP) is 3.28. The fourth-order valence-corrected chi connectivity index (χ4v) is 6.18. The number of aryl methyl sites for hydroxylation is 1. The standard InChI is InChI=1S/C30H31FN8O4S/c1-20-3-7-25(8-4-20)44(41,42)43-24-18-38(19-24)27-9-5-22(13-33-27)30(40)36-26-15-35-29(16-32-26)37-11-12-39(21(2)17-37)28-10-6-23(31)14-34-28/h3-10,13-16,21,24H,11-12,17-19H2,1-2H3,(H,32,36,40)/t21-/m1/s1. The normalized spacial score (nSPS) is 17.3. The van der Waals surface area contributed by atoms with Gasteiger partial charge in [-0.25, -0.2) is 24.3 Å². The molecule has 3 aromatic heterocycles. The zero-order valence-electron chi connectivity index (χ0n) is 24.2. The van der Waals surface area contributed by atoms with Gasteiger partial charge < -0.3 is 20.0 Å². The van der Waals surface area contributed by atoms with Crippen molar-refractivity contribution in [1.29, 1.82) is 0 Å². The highest BCUT2D eigenvalue weighted by molar-refractivity contribution is 7.86. The van der Waals surface area contributed by atoms with Crippen LogP contribution in [0.3, 0.4) is 0 Å². The van der Waals surface area contributed by atoms with E-state index < -0.39 is 16.2 Å². The van der Waals surface area contributed by atoms with Gasteiger partial charge in [0.25, 0.3) is 16.0 Å². The molecule has 2 saturated heterocycles. The Labute approximate surface area is 254 Å². The van der Waals surface area contributed by atoms with Crippen molar-refractivity contribution >= 4 is 39.3 Å². The van der Waals surface area contributed by atoms with Crippen molar-refractivity contribution in [2.24, 2.45) is 0 Å². The molecule has 1 amide bonds. The quantitative estimate of drug-likeness (QED) is 0.292. The fourth-order valence-electron chi connectivity index (χ4n) is 5.11. The Bertz CT molecular complexity index is 1720. The molecule has 2 aliphatic heterocycles. The predicted molar refractivity (Wildman–Crippen MR) is 163 cm³/mol. The van der Waals surface area contributed by atoms with Crippen molar-refractivity contribution in [3.05, 3.63) is 90.3 Å². The molecule has 2 aliphatic rings. The van der Waals surface area contributed by atoms with E-state index in [0.29, 0.717) is 55.7 Å². The first-order chi connectivity index (χ1) is 21.1. The molecule has 1 atom stereocenters. The van der Waals surface area contributed by atoms with Crippen LogP contribution < -0.4 is 20.0 Å². The Morgan fingerprint density at radius 1 is 0.841 bits per heavy atom. The third-order valence-corrected chi connectivity index (χ3v) is 8.97. The van der Waals surface area contributed by atoms with Crippen LogP contribution in [0.15, 0.2) is 78.2 Å². The summed E-state index contributed by atoms with van der Waals surface area (Å²) < 4.78 is 43.6. The van der Waals surface area contributed by atoms with E-state index in [1.807, 2.05) is 11.8 Å². The number of pyridine rings is 2. The highest BCUT2D eigenvalue weighted by atomic mass is 32.2. The van der Waals surface area contributed by atoms with Crippen LogP contribution in [0.2, 0.25) is 0 Å². The van der Waals surface area contributed by atoms with E-state index in [2.05, 4.69) is 42.0 Å². The van der Waals surface area contributed by atoms with E-state index in [0.717, 1.165) is 11.4 Å². The minimum atomic E-state index is -3.84. The topological polar surface area (TPSA) is 134 Å². The Balaban J connectivity index is 0.986. The van der Waals surface area contributed by atoms with Crippen LogP contribution in [0, 0.1) is 12.7 Å². The van der Waals surface area contributed by atoms with E-state index in [1.165, 1.54) is 36.8 Å². The van der Waals surface area contributed by atoms with Crippen molar-refractivity contribution in [3.63, 3.8) is 0 Å². The third-order valence-electron chi connectivity index (χ3n) is 7.59. The summed E-state index contributed by atoms with van der Waals surface area (Å²) in [6.45, 7) is 6.75. The molecule has 5 heterocycles. The molecule has 1 aromatic carbocycles. The highest BCUT2D eigenvalue weighted by Gasteiger charge is 2.33. The average Bonchev–Trinajstić information content (AvgIpc) is 3.00. The second-order valence-corrected chi connectivity index (χ2v) is 12.4. The molecule has 44 heavy (non-hydrogen) atoms. The molecule has 1 N–H and O–H groups in total. The average molecular weight is 619 g/mol. The minimum Gasteiger partial charge on any atom is -0.352 e.